The highest BCUT2D eigenvalue weighted by Gasteiger charge is 2.31. The summed E-state index contributed by atoms with van der Waals surface area (Å²) in [7, 11) is -3.58. The van der Waals surface area contributed by atoms with Crippen LogP contribution in [0.2, 0.25) is 0 Å². The Labute approximate surface area is 143 Å². The largest absolute Gasteiger partial charge is 0.356 e. The third-order valence-corrected chi connectivity index (χ3v) is 6.19. The van der Waals surface area contributed by atoms with Crippen molar-refractivity contribution < 1.29 is 18.0 Å². The fourth-order valence-electron chi connectivity index (χ4n) is 2.76. The van der Waals surface area contributed by atoms with Gasteiger partial charge in [-0.1, -0.05) is 19.1 Å². The summed E-state index contributed by atoms with van der Waals surface area (Å²) in [6.07, 6.45) is 1.94. The average Bonchev–Trinajstić information content (AvgIpc) is 2.59. The first-order chi connectivity index (χ1) is 11.4. The van der Waals surface area contributed by atoms with Crippen LogP contribution in [0, 0.1) is 5.92 Å². The van der Waals surface area contributed by atoms with Crippen LogP contribution in [0.4, 0.5) is 0 Å². The van der Waals surface area contributed by atoms with Crippen LogP contribution in [-0.2, 0) is 14.8 Å². The van der Waals surface area contributed by atoms with E-state index in [0.717, 1.165) is 6.42 Å². The number of hydrogen-bond acceptors (Lipinski definition) is 4. The molecule has 0 bridgehead atoms. The summed E-state index contributed by atoms with van der Waals surface area (Å²) in [4.78, 5) is 23.4. The smallest absolute Gasteiger partial charge is 0.243 e. The molecule has 2 rings (SSSR count). The second-order valence-corrected chi connectivity index (χ2v) is 7.99. The molecule has 1 aliphatic heterocycles. The third kappa shape index (κ3) is 4.21. The molecule has 1 saturated heterocycles. The van der Waals surface area contributed by atoms with Crippen LogP contribution in [0.3, 0.4) is 0 Å². The van der Waals surface area contributed by atoms with Crippen LogP contribution in [0.5, 0.6) is 0 Å². The zero-order valence-corrected chi connectivity index (χ0v) is 14.9. The van der Waals surface area contributed by atoms with Crippen LogP contribution in [0.1, 0.15) is 43.5 Å². The van der Waals surface area contributed by atoms with Gasteiger partial charge in [0.2, 0.25) is 15.9 Å². The molecular formula is C17H24N2O4S. The minimum atomic E-state index is -3.58. The number of benzene rings is 1. The number of hydrogen-bond donors (Lipinski definition) is 1. The Morgan fingerprint density at radius 2 is 1.75 bits per heavy atom. The van der Waals surface area contributed by atoms with Crippen molar-refractivity contribution in [1.29, 1.82) is 0 Å². The third-order valence-electron chi connectivity index (χ3n) is 4.27. The predicted molar refractivity (Wildman–Crippen MR) is 91.2 cm³/mol. The van der Waals surface area contributed by atoms with E-state index in [1.807, 2.05) is 6.92 Å². The second kappa shape index (κ2) is 7.90. The van der Waals surface area contributed by atoms with Crippen molar-refractivity contribution in [2.24, 2.45) is 5.92 Å². The Balaban J connectivity index is 2.02. The molecule has 0 aliphatic carbocycles. The van der Waals surface area contributed by atoms with Gasteiger partial charge in [-0.25, -0.2) is 8.42 Å². The molecule has 1 heterocycles. The summed E-state index contributed by atoms with van der Waals surface area (Å²) in [6, 6.07) is 5.98. The highest BCUT2D eigenvalue weighted by Crippen LogP contribution is 2.24. The second-order valence-electron chi connectivity index (χ2n) is 6.05. The Kier molecular flexibility index (Phi) is 6.12. The Morgan fingerprint density at radius 3 is 2.25 bits per heavy atom. The molecule has 0 atom stereocenters. The van der Waals surface area contributed by atoms with Crippen molar-refractivity contribution in [1.82, 2.24) is 9.62 Å². The minimum Gasteiger partial charge on any atom is -0.356 e. The van der Waals surface area contributed by atoms with Gasteiger partial charge in [0, 0.05) is 31.1 Å². The summed E-state index contributed by atoms with van der Waals surface area (Å²) in [6.45, 7) is 4.76. The highest BCUT2D eigenvalue weighted by atomic mass is 32.2. The molecule has 24 heavy (non-hydrogen) atoms. The maximum atomic E-state index is 12.7. The summed E-state index contributed by atoms with van der Waals surface area (Å²) in [5, 5.41) is 2.87. The van der Waals surface area contributed by atoms with Gasteiger partial charge in [0.1, 0.15) is 0 Å². The fourth-order valence-corrected chi connectivity index (χ4v) is 4.23. The SMILES string of the molecule is CCCNC(=O)C1CCN(S(=O)(=O)c2ccc(C(C)=O)cc2)CC1. The summed E-state index contributed by atoms with van der Waals surface area (Å²) in [5.41, 5.74) is 0.486. The van der Waals surface area contributed by atoms with Gasteiger partial charge in [-0.05, 0) is 38.3 Å². The summed E-state index contributed by atoms with van der Waals surface area (Å²) < 4.78 is 26.7. The van der Waals surface area contributed by atoms with Gasteiger partial charge in [0.05, 0.1) is 4.90 Å². The molecule has 0 radical (unpaired) electrons. The van der Waals surface area contributed by atoms with Crippen molar-refractivity contribution in [2.45, 2.75) is 38.0 Å². The van der Waals surface area contributed by atoms with Crippen molar-refractivity contribution in [3.05, 3.63) is 29.8 Å². The van der Waals surface area contributed by atoms with E-state index in [0.29, 0.717) is 38.0 Å². The number of nitrogens with one attached hydrogen (secondary N) is 1. The lowest BCUT2D eigenvalue weighted by atomic mass is 9.97. The van der Waals surface area contributed by atoms with E-state index < -0.39 is 10.0 Å². The molecule has 0 spiro atoms. The van der Waals surface area contributed by atoms with Crippen LogP contribution < -0.4 is 5.32 Å². The number of amides is 1. The van der Waals surface area contributed by atoms with Gasteiger partial charge in [0.15, 0.2) is 5.78 Å². The molecule has 1 N–H and O–H groups in total. The van der Waals surface area contributed by atoms with Gasteiger partial charge >= 0.3 is 0 Å². The van der Waals surface area contributed by atoms with Gasteiger partial charge < -0.3 is 5.32 Å². The maximum Gasteiger partial charge on any atom is 0.243 e. The lowest BCUT2D eigenvalue weighted by Crippen LogP contribution is -2.43. The number of carbonyl (C=O) groups is 2. The first kappa shape index (κ1) is 18.6. The van der Waals surface area contributed by atoms with E-state index in [1.54, 1.807) is 0 Å². The predicted octanol–water partition coefficient (Wildman–Crippen LogP) is 1.82. The number of sulfonamides is 1. The van der Waals surface area contributed by atoms with E-state index in [9.17, 15) is 18.0 Å². The monoisotopic (exact) mass is 352 g/mol. The molecule has 7 heteroatoms. The van der Waals surface area contributed by atoms with Crippen molar-refractivity contribution in [3.8, 4) is 0 Å². The zero-order valence-electron chi connectivity index (χ0n) is 14.1. The van der Waals surface area contributed by atoms with Crippen LogP contribution >= 0.6 is 0 Å². The first-order valence-corrected chi connectivity index (χ1v) is 9.69. The first-order valence-electron chi connectivity index (χ1n) is 8.25. The van der Waals surface area contributed by atoms with Crippen molar-refractivity contribution in [3.63, 3.8) is 0 Å². The van der Waals surface area contributed by atoms with Gasteiger partial charge in [0.25, 0.3) is 0 Å². The lowest BCUT2D eigenvalue weighted by molar-refractivity contribution is -0.126. The number of carbonyl (C=O) groups excluding carboxylic acids is 2. The molecule has 1 aliphatic rings. The van der Waals surface area contributed by atoms with Crippen LogP contribution in [-0.4, -0.2) is 44.0 Å². The molecular weight excluding hydrogens is 328 g/mol. The highest BCUT2D eigenvalue weighted by molar-refractivity contribution is 7.89. The van der Waals surface area contributed by atoms with Gasteiger partial charge in [-0.2, -0.15) is 4.31 Å². The van der Waals surface area contributed by atoms with Crippen LogP contribution in [0.15, 0.2) is 29.2 Å². The molecule has 132 valence electrons. The number of Topliss-reactive ketones (excluding diaryl/α,β-unsaturated/α-hetero) is 1. The van der Waals surface area contributed by atoms with Crippen molar-refractivity contribution >= 4 is 21.7 Å². The molecule has 1 aromatic rings. The van der Waals surface area contributed by atoms with Crippen LogP contribution in [0.25, 0.3) is 0 Å². The molecule has 1 amide bonds. The minimum absolute atomic E-state index is 0.0136. The quantitative estimate of drug-likeness (QED) is 0.792. The Hall–Kier alpha value is -1.73. The normalized spacial score (nSPS) is 16.8. The number of ketones is 1. The molecule has 0 saturated carbocycles. The van der Waals surface area contributed by atoms with Gasteiger partial charge in [-0.15, -0.1) is 0 Å². The number of rotatable bonds is 6. The molecule has 1 aromatic carbocycles. The zero-order chi connectivity index (χ0) is 17.7. The van der Waals surface area contributed by atoms with Gasteiger partial charge in [-0.3, -0.25) is 9.59 Å². The summed E-state index contributed by atoms with van der Waals surface area (Å²) in [5.74, 6) is -0.208. The Bertz CT molecular complexity index is 690. The summed E-state index contributed by atoms with van der Waals surface area (Å²) >= 11 is 0. The number of nitrogens with zero attached hydrogens (tertiary/aromatic N) is 1. The Morgan fingerprint density at radius 1 is 1.17 bits per heavy atom. The average molecular weight is 352 g/mol. The van der Waals surface area contributed by atoms with E-state index >= 15 is 0 Å². The molecule has 6 nitrogen and oxygen atoms in total. The van der Waals surface area contributed by atoms with E-state index in [4.69, 9.17) is 0 Å². The molecule has 1 fully saturated rings. The standard InChI is InChI=1S/C17H24N2O4S/c1-3-10-18-17(21)15-8-11-19(12-9-15)24(22,23)16-6-4-14(5-7-16)13(2)20/h4-7,15H,3,8-12H2,1-2H3,(H,18,21). The van der Waals surface area contributed by atoms with Crippen molar-refractivity contribution in [2.75, 3.05) is 19.6 Å². The molecule has 0 unspecified atom stereocenters. The molecule has 0 aromatic heterocycles. The fraction of sp³-hybridized carbons (Fsp3) is 0.529. The lowest BCUT2D eigenvalue weighted by Gasteiger charge is -2.30. The maximum absolute atomic E-state index is 12.7. The number of piperidine rings is 1. The topological polar surface area (TPSA) is 83.6 Å². The van der Waals surface area contributed by atoms with E-state index in [-0.39, 0.29) is 22.5 Å². The van der Waals surface area contributed by atoms with E-state index in [1.165, 1.54) is 35.5 Å². The van der Waals surface area contributed by atoms with E-state index in [2.05, 4.69) is 5.32 Å².